The summed E-state index contributed by atoms with van der Waals surface area (Å²) in [4.78, 5) is 13.7. The lowest BCUT2D eigenvalue weighted by Gasteiger charge is -2.22. The van der Waals surface area contributed by atoms with Gasteiger partial charge in [-0.1, -0.05) is 19.9 Å². The number of hydrogen-bond donors (Lipinski definition) is 2. The Morgan fingerprint density at radius 2 is 2.00 bits per heavy atom. The molecule has 128 valence electrons. The Morgan fingerprint density at radius 1 is 1.25 bits per heavy atom. The molecule has 2 aromatic rings. The number of rotatable bonds is 6. The zero-order valence-electron chi connectivity index (χ0n) is 13.7. The summed E-state index contributed by atoms with van der Waals surface area (Å²) in [7, 11) is 0. The van der Waals surface area contributed by atoms with Crippen molar-refractivity contribution in [2.24, 2.45) is 5.92 Å². The number of benzene rings is 1. The van der Waals surface area contributed by atoms with Crippen LogP contribution in [0.1, 0.15) is 19.4 Å². The van der Waals surface area contributed by atoms with Crippen LogP contribution in [0.2, 0.25) is 0 Å². The van der Waals surface area contributed by atoms with Crippen molar-refractivity contribution < 1.29 is 14.3 Å². The molecule has 0 bridgehead atoms. The molecule has 1 unspecified atom stereocenters. The molecule has 1 atom stereocenters. The van der Waals surface area contributed by atoms with E-state index in [9.17, 15) is 4.79 Å². The van der Waals surface area contributed by atoms with Gasteiger partial charge in [0.05, 0.1) is 25.0 Å². The van der Waals surface area contributed by atoms with Crippen LogP contribution < -0.4 is 20.1 Å². The molecule has 2 amide bonds. The highest BCUT2D eigenvalue weighted by Crippen LogP contribution is 2.32. The Bertz CT molecular complexity index is 687. The number of urea groups is 1. The largest absolute Gasteiger partial charge is 0.454 e. The van der Waals surface area contributed by atoms with E-state index in [1.807, 2.05) is 32.0 Å². The first kappa shape index (κ1) is 16.1. The van der Waals surface area contributed by atoms with Gasteiger partial charge in [0.2, 0.25) is 6.79 Å². The lowest BCUT2D eigenvalue weighted by atomic mass is 10.1. The van der Waals surface area contributed by atoms with E-state index in [-0.39, 0.29) is 24.8 Å². The molecule has 1 aliphatic heterocycles. The first-order valence-corrected chi connectivity index (χ1v) is 7.89. The maximum absolute atomic E-state index is 12.2. The number of nitrogens with one attached hydrogen (secondary N) is 2. The second-order valence-electron chi connectivity index (χ2n) is 5.95. The second-order valence-corrected chi connectivity index (χ2v) is 5.95. The molecule has 0 aliphatic carbocycles. The van der Waals surface area contributed by atoms with E-state index >= 15 is 0 Å². The third-order valence-electron chi connectivity index (χ3n) is 3.84. The highest BCUT2D eigenvalue weighted by molar-refractivity contribution is 5.74. The Kier molecular flexibility index (Phi) is 4.83. The average Bonchev–Trinajstić information content (AvgIpc) is 3.23. The van der Waals surface area contributed by atoms with Gasteiger partial charge in [0, 0.05) is 6.54 Å². The maximum Gasteiger partial charge on any atom is 0.315 e. The van der Waals surface area contributed by atoms with E-state index in [1.54, 1.807) is 17.2 Å². The summed E-state index contributed by atoms with van der Waals surface area (Å²) in [6.07, 6.45) is 3.24. The zero-order valence-corrected chi connectivity index (χ0v) is 13.7. The number of amides is 2. The van der Waals surface area contributed by atoms with Crippen LogP contribution in [0.15, 0.2) is 30.6 Å². The van der Waals surface area contributed by atoms with Gasteiger partial charge in [-0.3, -0.25) is 0 Å². The molecule has 0 fully saturated rings. The predicted molar refractivity (Wildman–Crippen MR) is 86.6 cm³/mol. The van der Waals surface area contributed by atoms with Crippen LogP contribution >= 0.6 is 0 Å². The van der Waals surface area contributed by atoms with Crippen molar-refractivity contribution in [2.75, 3.05) is 6.79 Å². The third-order valence-corrected chi connectivity index (χ3v) is 3.84. The number of carbonyl (C=O) groups is 1. The number of hydrogen-bond acceptors (Lipinski definition) is 5. The minimum atomic E-state index is -0.224. The topological polar surface area (TPSA) is 90.3 Å². The predicted octanol–water partition coefficient (Wildman–Crippen LogP) is 1.53. The van der Waals surface area contributed by atoms with Gasteiger partial charge in [0.25, 0.3) is 0 Å². The second kappa shape index (κ2) is 7.20. The SMILES string of the molecule is CC(C)C(Cn1nccn1)NC(=O)NCc1ccc2c(c1)OCO2. The van der Waals surface area contributed by atoms with Gasteiger partial charge < -0.3 is 20.1 Å². The molecule has 24 heavy (non-hydrogen) atoms. The van der Waals surface area contributed by atoms with Crippen molar-refractivity contribution in [3.8, 4) is 11.5 Å². The molecular weight excluding hydrogens is 310 g/mol. The summed E-state index contributed by atoms with van der Waals surface area (Å²) in [6, 6.07) is 5.34. The normalized spacial score (nSPS) is 13.8. The summed E-state index contributed by atoms with van der Waals surface area (Å²) in [6.45, 7) is 5.28. The Balaban J connectivity index is 1.52. The van der Waals surface area contributed by atoms with Crippen molar-refractivity contribution in [3.63, 3.8) is 0 Å². The van der Waals surface area contributed by atoms with Crippen LogP contribution in [-0.2, 0) is 13.1 Å². The molecule has 0 spiro atoms. The van der Waals surface area contributed by atoms with E-state index in [2.05, 4.69) is 20.8 Å². The van der Waals surface area contributed by atoms with Gasteiger partial charge in [-0.25, -0.2) is 4.79 Å². The highest BCUT2D eigenvalue weighted by atomic mass is 16.7. The summed E-state index contributed by atoms with van der Waals surface area (Å²) >= 11 is 0. The molecule has 2 N–H and O–H groups in total. The molecule has 1 aromatic heterocycles. The minimum Gasteiger partial charge on any atom is -0.454 e. The van der Waals surface area contributed by atoms with Crippen molar-refractivity contribution in [2.45, 2.75) is 33.0 Å². The lowest BCUT2D eigenvalue weighted by Crippen LogP contribution is -2.46. The molecule has 0 saturated carbocycles. The Labute approximate surface area is 140 Å². The van der Waals surface area contributed by atoms with Crippen LogP contribution in [0.25, 0.3) is 0 Å². The quantitative estimate of drug-likeness (QED) is 0.838. The van der Waals surface area contributed by atoms with Gasteiger partial charge >= 0.3 is 6.03 Å². The van der Waals surface area contributed by atoms with Gasteiger partial charge in [0.15, 0.2) is 11.5 Å². The van der Waals surface area contributed by atoms with E-state index in [1.165, 1.54) is 0 Å². The van der Waals surface area contributed by atoms with Gasteiger partial charge in [-0.15, -0.1) is 0 Å². The molecule has 0 saturated heterocycles. The average molecular weight is 331 g/mol. The molecule has 8 heteroatoms. The van der Waals surface area contributed by atoms with Crippen molar-refractivity contribution >= 4 is 6.03 Å². The minimum absolute atomic E-state index is 0.0610. The molecule has 1 aromatic carbocycles. The first-order valence-electron chi connectivity index (χ1n) is 7.89. The number of aromatic nitrogens is 3. The van der Waals surface area contributed by atoms with Crippen LogP contribution in [-0.4, -0.2) is 33.9 Å². The van der Waals surface area contributed by atoms with E-state index in [0.29, 0.717) is 18.8 Å². The van der Waals surface area contributed by atoms with Crippen LogP contribution in [0, 0.1) is 5.92 Å². The van der Waals surface area contributed by atoms with E-state index in [0.717, 1.165) is 11.3 Å². The molecule has 8 nitrogen and oxygen atoms in total. The van der Waals surface area contributed by atoms with Crippen LogP contribution in [0.4, 0.5) is 4.79 Å². The Morgan fingerprint density at radius 3 is 2.75 bits per heavy atom. The van der Waals surface area contributed by atoms with Crippen LogP contribution in [0.3, 0.4) is 0 Å². The fourth-order valence-corrected chi connectivity index (χ4v) is 2.39. The summed E-state index contributed by atoms with van der Waals surface area (Å²) < 4.78 is 10.6. The summed E-state index contributed by atoms with van der Waals surface area (Å²) in [5.74, 6) is 1.70. The Hall–Kier alpha value is -2.77. The zero-order chi connectivity index (χ0) is 16.9. The molecule has 1 aliphatic rings. The van der Waals surface area contributed by atoms with Crippen molar-refractivity contribution in [1.29, 1.82) is 0 Å². The van der Waals surface area contributed by atoms with Crippen molar-refractivity contribution in [3.05, 3.63) is 36.2 Å². The third kappa shape index (κ3) is 3.95. The van der Waals surface area contributed by atoms with Gasteiger partial charge in [-0.05, 0) is 23.6 Å². The molecular formula is C16H21N5O3. The molecule has 2 heterocycles. The van der Waals surface area contributed by atoms with Crippen molar-refractivity contribution in [1.82, 2.24) is 25.6 Å². The molecule has 0 radical (unpaired) electrons. The standard InChI is InChI=1S/C16H21N5O3/c1-11(2)13(9-21-18-5-6-19-21)20-16(22)17-8-12-3-4-14-15(7-12)24-10-23-14/h3-7,11,13H,8-10H2,1-2H3,(H2,17,20,22). The maximum atomic E-state index is 12.2. The molecule has 3 rings (SSSR count). The highest BCUT2D eigenvalue weighted by Gasteiger charge is 2.18. The monoisotopic (exact) mass is 331 g/mol. The number of ether oxygens (including phenoxy) is 2. The summed E-state index contributed by atoms with van der Waals surface area (Å²) in [5, 5.41) is 14.0. The first-order chi connectivity index (χ1) is 11.6. The van der Waals surface area contributed by atoms with Gasteiger partial charge in [0.1, 0.15) is 0 Å². The number of fused-ring (bicyclic) bond motifs is 1. The fraction of sp³-hybridized carbons (Fsp3) is 0.438. The smallest absolute Gasteiger partial charge is 0.315 e. The fourth-order valence-electron chi connectivity index (χ4n) is 2.39. The number of nitrogens with zero attached hydrogens (tertiary/aromatic N) is 3. The van der Waals surface area contributed by atoms with Crippen LogP contribution in [0.5, 0.6) is 11.5 Å². The lowest BCUT2D eigenvalue weighted by molar-refractivity contribution is 0.174. The summed E-state index contributed by atoms with van der Waals surface area (Å²) in [5.41, 5.74) is 0.948. The van der Waals surface area contributed by atoms with E-state index in [4.69, 9.17) is 9.47 Å². The van der Waals surface area contributed by atoms with E-state index < -0.39 is 0 Å². The van der Waals surface area contributed by atoms with Gasteiger partial charge in [-0.2, -0.15) is 15.0 Å². The number of carbonyl (C=O) groups excluding carboxylic acids is 1.